The molecule has 2 rings (SSSR count). The number of carbonyl (C=O) groups excluding carboxylic acids is 1. The van der Waals surface area contributed by atoms with Crippen LogP contribution in [0.3, 0.4) is 0 Å². The van der Waals surface area contributed by atoms with E-state index in [9.17, 15) is 4.79 Å². The number of amides is 1. The summed E-state index contributed by atoms with van der Waals surface area (Å²) in [5.74, 6) is 0.128. The van der Waals surface area contributed by atoms with Crippen LogP contribution in [0.1, 0.15) is 53.4 Å². The Labute approximate surface area is 112 Å². The van der Waals surface area contributed by atoms with E-state index < -0.39 is 0 Å². The second-order valence-corrected chi connectivity index (χ2v) is 5.14. The van der Waals surface area contributed by atoms with E-state index in [1.807, 2.05) is 18.7 Å². The quantitative estimate of drug-likeness (QED) is 0.753. The van der Waals surface area contributed by atoms with Crippen LogP contribution in [-0.4, -0.2) is 41.7 Å². The van der Waals surface area contributed by atoms with E-state index in [1.165, 1.54) is 19.3 Å². The van der Waals surface area contributed by atoms with E-state index in [4.69, 9.17) is 10.8 Å². The Bertz CT molecular complexity index is 250. The summed E-state index contributed by atoms with van der Waals surface area (Å²) in [5.41, 5.74) is 6.14. The zero-order valence-electron chi connectivity index (χ0n) is 12.6. The summed E-state index contributed by atoms with van der Waals surface area (Å²) in [4.78, 5) is 13.8. The number of likely N-dealkylation sites (tertiary alicyclic amines) is 1. The van der Waals surface area contributed by atoms with E-state index in [0.29, 0.717) is 11.5 Å². The van der Waals surface area contributed by atoms with Crippen LogP contribution in [0.15, 0.2) is 0 Å². The molecule has 18 heavy (non-hydrogen) atoms. The number of aliphatic hydroxyl groups is 1. The molecule has 3 N–H and O–H groups in total. The third-order valence-electron chi connectivity index (χ3n) is 3.76. The normalized spacial score (nSPS) is 25.3. The highest BCUT2D eigenvalue weighted by Gasteiger charge is 2.48. The fourth-order valence-corrected chi connectivity index (χ4v) is 2.41. The molecule has 1 heterocycles. The molecule has 1 aliphatic carbocycles. The molecule has 1 saturated heterocycles. The second-order valence-electron chi connectivity index (χ2n) is 5.14. The van der Waals surface area contributed by atoms with E-state index in [0.717, 1.165) is 20.1 Å². The van der Waals surface area contributed by atoms with Gasteiger partial charge in [0.25, 0.3) is 0 Å². The Balaban J connectivity index is 0.000000659. The van der Waals surface area contributed by atoms with Crippen molar-refractivity contribution in [2.75, 3.05) is 13.7 Å². The minimum Gasteiger partial charge on any atom is -0.400 e. The fourth-order valence-electron chi connectivity index (χ4n) is 2.41. The number of rotatable bonds is 1. The van der Waals surface area contributed by atoms with E-state index in [-0.39, 0.29) is 11.9 Å². The molecule has 2 atom stereocenters. The van der Waals surface area contributed by atoms with Crippen molar-refractivity contribution in [3.63, 3.8) is 0 Å². The molecule has 0 bridgehead atoms. The lowest BCUT2D eigenvalue weighted by Gasteiger charge is -2.39. The third-order valence-corrected chi connectivity index (χ3v) is 3.76. The number of hydrogen-bond acceptors (Lipinski definition) is 3. The van der Waals surface area contributed by atoms with Crippen LogP contribution in [0.4, 0.5) is 0 Å². The van der Waals surface area contributed by atoms with Crippen LogP contribution in [0.2, 0.25) is 0 Å². The first-order chi connectivity index (χ1) is 8.54. The highest BCUT2D eigenvalue weighted by Crippen LogP contribution is 2.53. The SMILES string of the molecule is CC.CC1CCC2(CC2)CN1C(=O)[C@@H](C)N.CO. The summed E-state index contributed by atoms with van der Waals surface area (Å²) >= 11 is 0. The maximum Gasteiger partial charge on any atom is 0.239 e. The van der Waals surface area contributed by atoms with Gasteiger partial charge in [-0.05, 0) is 44.9 Å². The van der Waals surface area contributed by atoms with Crippen LogP contribution >= 0.6 is 0 Å². The van der Waals surface area contributed by atoms with Gasteiger partial charge in [0.15, 0.2) is 0 Å². The van der Waals surface area contributed by atoms with Gasteiger partial charge >= 0.3 is 0 Å². The Hall–Kier alpha value is -0.610. The standard InChI is InChI=1S/C11H20N2O.C2H6.CH4O/c1-8-3-4-11(5-6-11)7-13(8)10(14)9(2)12;2*1-2/h8-9H,3-7,12H2,1-2H3;1-2H3;2H,1H3/t8?,9-;;/m1../s1. The molecular formula is C14H30N2O2. The van der Waals surface area contributed by atoms with Crippen LogP contribution in [-0.2, 0) is 4.79 Å². The predicted octanol–water partition coefficient (Wildman–Crippen LogP) is 1.76. The lowest BCUT2D eigenvalue weighted by molar-refractivity contribution is -0.137. The van der Waals surface area contributed by atoms with Gasteiger partial charge in [-0.2, -0.15) is 0 Å². The molecule has 1 amide bonds. The fraction of sp³-hybridized carbons (Fsp3) is 0.929. The summed E-state index contributed by atoms with van der Waals surface area (Å²) in [6.07, 6.45) is 5.07. The lowest BCUT2D eigenvalue weighted by atomic mass is 9.90. The molecule has 2 aliphatic rings. The van der Waals surface area contributed by atoms with Gasteiger partial charge in [-0.3, -0.25) is 4.79 Å². The Kier molecular flexibility index (Phi) is 7.48. The molecule has 2 fully saturated rings. The van der Waals surface area contributed by atoms with Crippen molar-refractivity contribution in [2.24, 2.45) is 11.1 Å². The number of piperidine rings is 1. The molecule has 0 aromatic rings. The highest BCUT2D eigenvalue weighted by atomic mass is 16.2. The number of hydrogen-bond donors (Lipinski definition) is 2. The number of nitrogens with two attached hydrogens (primary N) is 1. The zero-order chi connectivity index (χ0) is 14.3. The molecule has 4 heteroatoms. The molecule has 4 nitrogen and oxygen atoms in total. The zero-order valence-corrected chi connectivity index (χ0v) is 12.6. The molecule has 0 aromatic heterocycles. The Morgan fingerprint density at radius 1 is 1.33 bits per heavy atom. The van der Waals surface area contributed by atoms with Gasteiger partial charge in [-0.1, -0.05) is 13.8 Å². The van der Waals surface area contributed by atoms with Crippen LogP contribution in [0, 0.1) is 5.41 Å². The molecule has 1 spiro atoms. The van der Waals surface area contributed by atoms with Crippen LogP contribution < -0.4 is 5.73 Å². The van der Waals surface area contributed by atoms with E-state index >= 15 is 0 Å². The van der Waals surface area contributed by atoms with E-state index in [2.05, 4.69) is 6.92 Å². The Morgan fingerprint density at radius 2 is 1.83 bits per heavy atom. The molecular weight excluding hydrogens is 228 g/mol. The van der Waals surface area contributed by atoms with E-state index in [1.54, 1.807) is 6.92 Å². The number of carbonyl (C=O) groups is 1. The van der Waals surface area contributed by atoms with Gasteiger partial charge in [-0.25, -0.2) is 0 Å². The number of nitrogens with zero attached hydrogens (tertiary/aromatic N) is 1. The predicted molar refractivity (Wildman–Crippen MR) is 75.2 cm³/mol. The topological polar surface area (TPSA) is 66.6 Å². The summed E-state index contributed by atoms with van der Waals surface area (Å²) in [6.45, 7) is 8.87. The van der Waals surface area contributed by atoms with Crippen LogP contribution in [0.25, 0.3) is 0 Å². The van der Waals surface area contributed by atoms with Gasteiger partial charge in [0.05, 0.1) is 6.04 Å². The highest BCUT2D eigenvalue weighted by molar-refractivity contribution is 5.81. The number of aliphatic hydroxyl groups excluding tert-OH is 1. The summed E-state index contributed by atoms with van der Waals surface area (Å²) < 4.78 is 0. The van der Waals surface area contributed by atoms with Crippen molar-refractivity contribution in [3.8, 4) is 0 Å². The van der Waals surface area contributed by atoms with Crippen molar-refractivity contribution >= 4 is 5.91 Å². The first-order valence-corrected chi connectivity index (χ1v) is 7.05. The second kappa shape index (κ2) is 7.74. The maximum atomic E-state index is 11.8. The molecule has 1 saturated carbocycles. The third kappa shape index (κ3) is 4.25. The largest absolute Gasteiger partial charge is 0.400 e. The van der Waals surface area contributed by atoms with Gasteiger partial charge in [-0.15, -0.1) is 0 Å². The van der Waals surface area contributed by atoms with Crippen molar-refractivity contribution in [3.05, 3.63) is 0 Å². The van der Waals surface area contributed by atoms with Gasteiger partial charge < -0.3 is 15.7 Å². The summed E-state index contributed by atoms with van der Waals surface area (Å²) in [6, 6.07) is 0.0473. The minimum atomic E-state index is -0.341. The molecule has 108 valence electrons. The molecule has 0 radical (unpaired) electrons. The van der Waals surface area contributed by atoms with Crippen molar-refractivity contribution in [1.29, 1.82) is 0 Å². The van der Waals surface area contributed by atoms with Crippen molar-refractivity contribution in [2.45, 2.75) is 65.5 Å². The average molecular weight is 258 g/mol. The molecule has 1 aliphatic heterocycles. The lowest BCUT2D eigenvalue weighted by Crippen LogP contribution is -2.51. The summed E-state index contributed by atoms with van der Waals surface area (Å²) in [5, 5.41) is 7.00. The monoisotopic (exact) mass is 258 g/mol. The minimum absolute atomic E-state index is 0.128. The molecule has 0 aromatic carbocycles. The first-order valence-electron chi connectivity index (χ1n) is 7.05. The summed E-state index contributed by atoms with van der Waals surface area (Å²) in [7, 11) is 1.00. The van der Waals surface area contributed by atoms with Gasteiger partial charge in [0, 0.05) is 19.7 Å². The maximum absolute atomic E-state index is 11.8. The van der Waals surface area contributed by atoms with Crippen molar-refractivity contribution in [1.82, 2.24) is 4.90 Å². The van der Waals surface area contributed by atoms with Gasteiger partial charge in [0.2, 0.25) is 5.91 Å². The smallest absolute Gasteiger partial charge is 0.239 e. The average Bonchev–Trinajstić information content (AvgIpc) is 3.16. The first kappa shape index (κ1) is 17.4. The van der Waals surface area contributed by atoms with Crippen molar-refractivity contribution < 1.29 is 9.90 Å². The molecule has 1 unspecified atom stereocenters. The van der Waals surface area contributed by atoms with Gasteiger partial charge in [0.1, 0.15) is 0 Å². The Morgan fingerprint density at radius 3 is 2.22 bits per heavy atom. The van der Waals surface area contributed by atoms with Crippen LogP contribution in [0.5, 0.6) is 0 Å².